The fraction of sp³-hybridized carbons (Fsp3) is 0.167. The summed E-state index contributed by atoms with van der Waals surface area (Å²) in [6.07, 6.45) is 0.589. The summed E-state index contributed by atoms with van der Waals surface area (Å²) >= 11 is 1.25. The van der Waals surface area contributed by atoms with Crippen molar-refractivity contribution in [3.8, 4) is 17.1 Å². The number of esters is 1. The molecule has 1 aromatic heterocycles. The number of nitrogens with zero attached hydrogens (tertiary/aromatic N) is 3. The van der Waals surface area contributed by atoms with Crippen LogP contribution in [0.15, 0.2) is 53.7 Å². The van der Waals surface area contributed by atoms with E-state index in [1.165, 1.54) is 36.0 Å². The van der Waals surface area contributed by atoms with E-state index in [0.29, 0.717) is 35.3 Å². The minimum atomic E-state index is -0.362. The van der Waals surface area contributed by atoms with E-state index in [1.807, 2.05) is 0 Å². The quantitative estimate of drug-likeness (QED) is 0.654. The molecule has 1 fully saturated rings. The summed E-state index contributed by atoms with van der Waals surface area (Å²) < 4.78 is 33.3. The van der Waals surface area contributed by atoms with Crippen LogP contribution in [0.2, 0.25) is 0 Å². The molecule has 26 heavy (non-hydrogen) atoms. The van der Waals surface area contributed by atoms with Crippen LogP contribution in [0.1, 0.15) is 6.42 Å². The first-order valence-corrected chi connectivity index (χ1v) is 8.80. The molecule has 0 N–H and O–H groups in total. The summed E-state index contributed by atoms with van der Waals surface area (Å²) in [7, 11) is 0. The minimum absolute atomic E-state index is 0.285. The van der Waals surface area contributed by atoms with Gasteiger partial charge in [-0.2, -0.15) is 0 Å². The lowest BCUT2D eigenvalue weighted by Crippen LogP contribution is -2.11. The van der Waals surface area contributed by atoms with Crippen molar-refractivity contribution < 1.29 is 18.3 Å². The monoisotopic (exact) mass is 373 g/mol. The number of carbonyl (C=O) groups is 1. The van der Waals surface area contributed by atoms with E-state index in [0.717, 1.165) is 0 Å². The van der Waals surface area contributed by atoms with Gasteiger partial charge in [-0.05, 0) is 48.5 Å². The standard InChI is InChI=1S/C18H13F2N3O2S/c19-12-3-1-11(2-4-12)16-21-22-18(26-15-9-10-25-17(15)24)23(16)14-7-5-13(20)6-8-14/h1-8,15H,9-10H2/t15-/m1/s1. The highest BCUT2D eigenvalue weighted by Gasteiger charge is 2.30. The first kappa shape index (κ1) is 16.7. The molecule has 1 saturated heterocycles. The van der Waals surface area contributed by atoms with Crippen molar-refractivity contribution in [2.24, 2.45) is 0 Å². The lowest BCUT2D eigenvalue weighted by molar-refractivity contribution is -0.137. The third-order valence-corrected chi connectivity index (χ3v) is 5.14. The molecule has 0 radical (unpaired) electrons. The van der Waals surface area contributed by atoms with Crippen LogP contribution in [0.4, 0.5) is 8.78 Å². The van der Waals surface area contributed by atoms with E-state index < -0.39 is 0 Å². The van der Waals surface area contributed by atoms with Gasteiger partial charge in [0.2, 0.25) is 0 Å². The Kier molecular flexibility index (Phi) is 4.42. The van der Waals surface area contributed by atoms with Crippen molar-refractivity contribution in [3.05, 3.63) is 60.2 Å². The molecule has 1 aliphatic rings. The smallest absolute Gasteiger partial charge is 0.319 e. The second kappa shape index (κ2) is 6.87. The average molecular weight is 373 g/mol. The normalized spacial score (nSPS) is 16.7. The molecule has 1 atom stereocenters. The van der Waals surface area contributed by atoms with E-state index in [2.05, 4.69) is 10.2 Å². The number of cyclic esters (lactones) is 1. The van der Waals surface area contributed by atoms with Gasteiger partial charge in [0.25, 0.3) is 0 Å². The minimum Gasteiger partial charge on any atom is -0.465 e. The van der Waals surface area contributed by atoms with Gasteiger partial charge >= 0.3 is 5.97 Å². The number of ether oxygens (including phenoxy) is 1. The number of hydrogen-bond acceptors (Lipinski definition) is 5. The third kappa shape index (κ3) is 3.20. The SMILES string of the molecule is O=C1OCC[C@H]1Sc1nnc(-c2ccc(F)cc2)n1-c1ccc(F)cc1. The molecule has 0 spiro atoms. The lowest BCUT2D eigenvalue weighted by atomic mass is 10.2. The molecule has 1 aliphatic heterocycles. The van der Waals surface area contributed by atoms with Gasteiger partial charge in [-0.15, -0.1) is 10.2 Å². The lowest BCUT2D eigenvalue weighted by Gasteiger charge is -2.11. The Balaban J connectivity index is 1.80. The first-order chi connectivity index (χ1) is 12.6. The molecular formula is C18H13F2N3O2S. The van der Waals surface area contributed by atoms with Gasteiger partial charge in [0.15, 0.2) is 11.0 Å². The number of halogens is 2. The number of thioether (sulfide) groups is 1. The van der Waals surface area contributed by atoms with Gasteiger partial charge < -0.3 is 4.74 Å². The zero-order chi connectivity index (χ0) is 18.1. The Morgan fingerprint density at radius 2 is 1.65 bits per heavy atom. The number of carbonyl (C=O) groups excluding carboxylic acids is 1. The molecule has 2 aromatic carbocycles. The predicted molar refractivity (Wildman–Crippen MR) is 91.9 cm³/mol. The second-order valence-electron chi connectivity index (χ2n) is 5.69. The zero-order valence-electron chi connectivity index (χ0n) is 13.4. The van der Waals surface area contributed by atoms with Crippen LogP contribution in [0, 0.1) is 11.6 Å². The molecule has 4 rings (SSSR count). The summed E-state index contributed by atoms with van der Waals surface area (Å²) in [6, 6.07) is 11.7. The Morgan fingerprint density at radius 1 is 1.00 bits per heavy atom. The van der Waals surface area contributed by atoms with E-state index >= 15 is 0 Å². The maximum absolute atomic E-state index is 13.3. The second-order valence-corrected chi connectivity index (χ2v) is 6.86. The number of benzene rings is 2. The van der Waals surface area contributed by atoms with Crippen LogP contribution < -0.4 is 0 Å². The highest BCUT2D eigenvalue weighted by molar-refractivity contribution is 8.00. The first-order valence-electron chi connectivity index (χ1n) is 7.92. The Bertz CT molecular complexity index is 942. The van der Waals surface area contributed by atoms with Gasteiger partial charge in [-0.3, -0.25) is 9.36 Å². The highest BCUT2D eigenvalue weighted by atomic mass is 32.2. The van der Waals surface area contributed by atoms with E-state index in [4.69, 9.17) is 4.74 Å². The molecular weight excluding hydrogens is 360 g/mol. The van der Waals surface area contributed by atoms with Gasteiger partial charge in [-0.25, -0.2) is 8.78 Å². The molecule has 0 bridgehead atoms. The molecule has 0 saturated carbocycles. The van der Waals surface area contributed by atoms with E-state index in [1.54, 1.807) is 28.8 Å². The van der Waals surface area contributed by atoms with Crippen molar-refractivity contribution in [1.29, 1.82) is 0 Å². The topological polar surface area (TPSA) is 57.0 Å². The van der Waals surface area contributed by atoms with Crippen molar-refractivity contribution in [1.82, 2.24) is 14.8 Å². The molecule has 0 aliphatic carbocycles. The van der Waals surface area contributed by atoms with E-state index in [9.17, 15) is 13.6 Å². The molecule has 132 valence electrons. The molecule has 3 aromatic rings. The fourth-order valence-corrected chi connectivity index (χ4v) is 3.68. The summed E-state index contributed by atoms with van der Waals surface area (Å²) in [5, 5.41) is 8.52. The van der Waals surface area contributed by atoms with Crippen molar-refractivity contribution >= 4 is 17.7 Å². The third-order valence-electron chi connectivity index (χ3n) is 3.96. The molecule has 0 amide bonds. The molecule has 2 heterocycles. The maximum Gasteiger partial charge on any atom is 0.319 e. The van der Waals surface area contributed by atoms with Crippen LogP contribution in [0.5, 0.6) is 0 Å². The Morgan fingerprint density at radius 3 is 2.27 bits per heavy atom. The molecule has 8 heteroatoms. The van der Waals surface area contributed by atoms with Gasteiger partial charge in [0.1, 0.15) is 16.9 Å². The van der Waals surface area contributed by atoms with Crippen molar-refractivity contribution in [2.45, 2.75) is 16.8 Å². The molecule has 5 nitrogen and oxygen atoms in total. The Hall–Kier alpha value is -2.74. The summed E-state index contributed by atoms with van der Waals surface area (Å²) in [5.41, 5.74) is 1.30. The summed E-state index contributed by atoms with van der Waals surface area (Å²) in [5.74, 6) is -0.527. The number of rotatable bonds is 4. The van der Waals surface area contributed by atoms with Crippen LogP contribution >= 0.6 is 11.8 Å². The van der Waals surface area contributed by atoms with Gasteiger partial charge in [-0.1, -0.05) is 11.8 Å². The maximum atomic E-state index is 13.3. The van der Waals surface area contributed by atoms with Crippen molar-refractivity contribution in [2.75, 3.05) is 6.61 Å². The summed E-state index contributed by atoms with van der Waals surface area (Å²) in [4.78, 5) is 11.8. The number of aromatic nitrogens is 3. The van der Waals surface area contributed by atoms with Crippen LogP contribution in [0.3, 0.4) is 0 Å². The van der Waals surface area contributed by atoms with Gasteiger partial charge in [0, 0.05) is 17.7 Å². The molecule has 0 unspecified atom stereocenters. The van der Waals surface area contributed by atoms with Crippen molar-refractivity contribution in [3.63, 3.8) is 0 Å². The van der Waals surface area contributed by atoms with Crippen LogP contribution in [-0.2, 0) is 9.53 Å². The van der Waals surface area contributed by atoms with E-state index in [-0.39, 0.29) is 22.9 Å². The summed E-state index contributed by atoms with van der Waals surface area (Å²) in [6.45, 7) is 0.381. The van der Waals surface area contributed by atoms with Gasteiger partial charge in [0.05, 0.1) is 6.61 Å². The highest BCUT2D eigenvalue weighted by Crippen LogP contribution is 2.33. The Labute approximate surface area is 152 Å². The largest absolute Gasteiger partial charge is 0.465 e. The predicted octanol–water partition coefficient (Wildman–Crippen LogP) is 3.62. The van der Waals surface area contributed by atoms with Crippen LogP contribution in [-0.4, -0.2) is 32.6 Å². The zero-order valence-corrected chi connectivity index (χ0v) is 14.2. The number of hydrogen-bond donors (Lipinski definition) is 0. The average Bonchev–Trinajstić information content (AvgIpc) is 3.24. The fourth-order valence-electron chi connectivity index (χ4n) is 2.67. The van der Waals surface area contributed by atoms with Crippen LogP contribution in [0.25, 0.3) is 17.1 Å².